The molecule has 14 heavy (non-hydrogen) atoms. The summed E-state index contributed by atoms with van der Waals surface area (Å²) >= 11 is 0. The van der Waals surface area contributed by atoms with E-state index in [9.17, 15) is 9.90 Å². The Morgan fingerprint density at radius 1 is 1.36 bits per heavy atom. The smallest absolute Gasteiger partial charge is 0.150 e. The lowest BCUT2D eigenvalue weighted by Crippen LogP contribution is -1.90. The van der Waals surface area contributed by atoms with Gasteiger partial charge in [-0.15, -0.1) is 0 Å². The van der Waals surface area contributed by atoms with Gasteiger partial charge in [-0.2, -0.15) is 0 Å². The first-order valence-electron chi connectivity index (χ1n) is 4.41. The van der Waals surface area contributed by atoms with Crippen molar-refractivity contribution in [1.82, 2.24) is 0 Å². The second-order valence-corrected chi connectivity index (χ2v) is 2.80. The third-order valence-electron chi connectivity index (χ3n) is 2.03. The Hall–Kier alpha value is -1.35. The number of aliphatic hydroxyl groups excluding tert-OH is 1. The summed E-state index contributed by atoms with van der Waals surface area (Å²) in [6.07, 6.45) is 1.58. The fourth-order valence-electron chi connectivity index (χ4n) is 1.22. The molecule has 0 aliphatic carbocycles. The first kappa shape index (κ1) is 12.7. The number of phenolic OH excluding ortho intramolecular Hbond substituents is 1. The lowest BCUT2D eigenvalue weighted by atomic mass is 10.0. The predicted octanol–water partition coefficient (Wildman–Crippen LogP) is 1.68. The molecule has 0 heterocycles. The van der Waals surface area contributed by atoms with Crippen molar-refractivity contribution in [3.05, 3.63) is 28.8 Å². The maximum atomic E-state index is 10.4. The first-order chi connectivity index (χ1) is 6.69. The van der Waals surface area contributed by atoms with Crippen molar-refractivity contribution in [1.29, 1.82) is 0 Å². The van der Waals surface area contributed by atoms with E-state index >= 15 is 0 Å². The summed E-state index contributed by atoms with van der Waals surface area (Å²) in [5, 5.41) is 16.4. The van der Waals surface area contributed by atoms with Crippen LogP contribution in [0.1, 0.15) is 28.4 Å². The quantitative estimate of drug-likeness (QED) is 0.707. The summed E-state index contributed by atoms with van der Waals surface area (Å²) in [5.74, 6) is 0.205. The number of hydrogen-bond donors (Lipinski definition) is 2. The van der Waals surface area contributed by atoms with Gasteiger partial charge in [0.15, 0.2) is 0 Å². The lowest BCUT2D eigenvalue weighted by molar-refractivity contribution is 0.112. The van der Waals surface area contributed by atoms with E-state index in [0.717, 1.165) is 30.9 Å². The second kappa shape index (κ2) is 6.16. The maximum Gasteiger partial charge on any atom is 0.150 e. The third-order valence-corrected chi connectivity index (χ3v) is 2.03. The van der Waals surface area contributed by atoms with Crippen molar-refractivity contribution in [2.24, 2.45) is 0 Å². The van der Waals surface area contributed by atoms with Crippen LogP contribution in [0.15, 0.2) is 12.1 Å². The number of aromatic hydroxyl groups is 1. The summed E-state index contributed by atoms with van der Waals surface area (Å²) in [4.78, 5) is 10.4. The van der Waals surface area contributed by atoms with Crippen LogP contribution in [0, 0.1) is 6.92 Å². The number of rotatable bonds is 2. The Labute approximate surface area is 84.0 Å². The van der Waals surface area contributed by atoms with Crippen LogP contribution in [-0.4, -0.2) is 23.6 Å². The minimum Gasteiger partial charge on any atom is -0.508 e. The average Bonchev–Trinajstić information content (AvgIpc) is 2.24. The van der Waals surface area contributed by atoms with Gasteiger partial charge in [-0.25, -0.2) is 0 Å². The minimum atomic E-state index is 0.205. The first-order valence-corrected chi connectivity index (χ1v) is 4.41. The van der Waals surface area contributed by atoms with E-state index in [0.29, 0.717) is 5.56 Å². The molecule has 0 unspecified atom stereocenters. The molecule has 0 aliphatic heterocycles. The van der Waals surface area contributed by atoms with Crippen molar-refractivity contribution in [2.45, 2.75) is 20.3 Å². The van der Waals surface area contributed by atoms with Crippen LogP contribution in [0.25, 0.3) is 0 Å². The largest absolute Gasteiger partial charge is 0.508 e. The van der Waals surface area contributed by atoms with Crippen LogP contribution in [-0.2, 0) is 6.42 Å². The number of carbonyl (C=O) groups is 1. The standard InChI is InChI=1S/C10H12O2.CH4O/c1-3-9-4-8(6-11)5-10(12)7(9)2;1-2/h4-6,12H,3H2,1-2H3;2H,1H3. The van der Waals surface area contributed by atoms with Gasteiger partial charge in [-0.3, -0.25) is 4.79 Å². The number of hydrogen-bond acceptors (Lipinski definition) is 3. The molecule has 78 valence electrons. The van der Waals surface area contributed by atoms with Gasteiger partial charge in [0, 0.05) is 12.7 Å². The Kier molecular flexibility index (Phi) is 5.56. The van der Waals surface area contributed by atoms with Crippen molar-refractivity contribution < 1.29 is 15.0 Å². The van der Waals surface area contributed by atoms with E-state index in [1.807, 2.05) is 19.9 Å². The molecule has 0 saturated heterocycles. The molecule has 0 bridgehead atoms. The van der Waals surface area contributed by atoms with E-state index in [-0.39, 0.29) is 5.75 Å². The Morgan fingerprint density at radius 3 is 2.36 bits per heavy atom. The molecule has 0 amide bonds. The van der Waals surface area contributed by atoms with E-state index in [4.69, 9.17) is 5.11 Å². The Morgan fingerprint density at radius 2 is 1.93 bits per heavy atom. The van der Waals surface area contributed by atoms with E-state index < -0.39 is 0 Å². The second-order valence-electron chi connectivity index (χ2n) is 2.80. The number of benzene rings is 1. The van der Waals surface area contributed by atoms with E-state index in [1.54, 1.807) is 0 Å². The molecular formula is C11H16O3. The zero-order valence-corrected chi connectivity index (χ0v) is 8.74. The van der Waals surface area contributed by atoms with Gasteiger partial charge in [0.1, 0.15) is 12.0 Å². The van der Waals surface area contributed by atoms with Crippen molar-refractivity contribution in [3.63, 3.8) is 0 Å². The van der Waals surface area contributed by atoms with E-state index in [2.05, 4.69) is 0 Å². The monoisotopic (exact) mass is 196 g/mol. The lowest BCUT2D eigenvalue weighted by Gasteiger charge is -2.05. The summed E-state index contributed by atoms with van der Waals surface area (Å²) in [6, 6.07) is 3.30. The minimum absolute atomic E-state index is 0.205. The maximum absolute atomic E-state index is 10.4. The molecule has 0 aromatic heterocycles. The highest BCUT2D eigenvalue weighted by Crippen LogP contribution is 2.22. The van der Waals surface area contributed by atoms with Gasteiger partial charge >= 0.3 is 0 Å². The SMILES string of the molecule is CCc1cc(C=O)cc(O)c1C.CO. The van der Waals surface area contributed by atoms with Gasteiger partial charge in [0.2, 0.25) is 0 Å². The molecule has 0 saturated carbocycles. The van der Waals surface area contributed by atoms with Crippen LogP contribution in [0.2, 0.25) is 0 Å². The van der Waals surface area contributed by atoms with Gasteiger partial charge in [0.05, 0.1) is 0 Å². The van der Waals surface area contributed by atoms with Crippen LogP contribution < -0.4 is 0 Å². The fraction of sp³-hybridized carbons (Fsp3) is 0.364. The van der Waals surface area contributed by atoms with Crippen molar-refractivity contribution >= 4 is 6.29 Å². The molecule has 1 aromatic rings. The van der Waals surface area contributed by atoms with Crippen LogP contribution >= 0.6 is 0 Å². The number of aryl methyl sites for hydroxylation is 1. The number of phenols is 1. The molecule has 0 atom stereocenters. The fourth-order valence-corrected chi connectivity index (χ4v) is 1.22. The number of aliphatic hydroxyl groups is 1. The molecule has 0 fully saturated rings. The topological polar surface area (TPSA) is 57.5 Å². The third kappa shape index (κ3) is 2.85. The summed E-state index contributed by atoms with van der Waals surface area (Å²) < 4.78 is 0. The molecule has 3 nitrogen and oxygen atoms in total. The normalized spacial score (nSPS) is 8.86. The van der Waals surface area contributed by atoms with Gasteiger partial charge < -0.3 is 10.2 Å². The molecule has 2 N–H and O–H groups in total. The molecule has 1 aromatic carbocycles. The van der Waals surface area contributed by atoms with Crippen molar-refractivity contribution in [3.8, 4) is 5.75 Å². The van der Waals surface area contributed by atoms with Crippen LogP contribution in [0.5, 0.6) is 5.75 Å². The number of aldehydes is 1. The van der Waals surface area contributed by atoms with Gasteiger partial charge in [-0.05, 0) is 36.6 Å². The van der Waals surface area contributed by atoms with Crippen LogP contribution in [0.4, 0.5) is 0 Å². The predicted molar refractivity (Wildman–Crippen MR) is 55.8 cm³/mol. The summed E-state index contributed by atoms with van der Waals surface area (Å²) in [6.45, 7) is 3.85. The molecule has 0 radical (unpaired) electrons. The van der Waals surface area contributed by atoms with E-state index in [1.165, 1.54) is 6.07 Å². The highest BCUT2D eigenvalue weighted by molar-refractivity contribution is 5.76. The van der Waals surface area contributed by atoms with Crippen molar-refractivity contribution in [2.75, 3.05) is 7.11 Å². The molecule has 0 aliphatic rings. The zero-order valence-electron chi connectivity index (χ0n) is 8.74. The molecule has 3 heteroatoms. The highest BCUT2D eigenvalue weighted by Gasteiger charge is 2.03. The molecule has 0 spiro atoms. The zero-order chi connectivity index (χ0) is 11.1. The molecule has 1 rings (SSSR count). The molecular weight excluding hydrogens is 180 g/mol. The van der Waals surface area contributed by atoms with Gasteiger partial charge in [-0.1, -0.05) is 6.92 Å². The van der Waals surface area contributed by atoms with Gasteiger partial charge in [0.25, 0.3) is 0 Å². The van der Waals surface area contributed by atoms with Crippen LogP contribution in [0.3, 0.4) is 0 Å². The Bertz CT molecular complexity index is 306. The number of carbonyl (C=O) groups excluding carboxylic acids is 1. The highest BCUT2D eigenvalue weighted by atomic mass is 16.3. The summed E-state index contributed by atoms with van der Waals surface area (Å²) in [5.41, 5.74) is 2.43. The summed E-state index contributed by atoms with van der Waals surface area (Å²) in [7, 11) is 1.00. The average molecular weight is 196 g/mol. The Balaban J connectivity index is 0.000000791.